The van der Waals surface area contributed by atoms with Crippen LogP contribution in [0.15, 0.2) is 47.0 Å². The fourth-order valence-corrected chi connectivity index (χ4v) is 5.96. The molecule has 0 radical (unpaired) electrons. The number of ether oxygens (including phenoxy) is 1. The zero-order valence-electron chi connectivity index (χ0n) is 19.4. The molecule has 0 amide bonds. The van der Waals surface area contributed by atoms with Crippen molar-refractivity contribution in [3.63, 3.8) is 0 Å². The van der Waals surface area contributed by atoms with Gasteiger partial charge in [-0.25, -0.2) is 4.39 Å². The Morgan fingerprint density at radius 3 is 2.73 bits per heavy atom. The summed E-state index contributed by atoms with van der Waals surface area (Å²) in [5.41, 5.74) is 0.914. The number of aliphatic hydroxyl groups is 1. The van der Waals surface area contributed by atoms with E-state index in [9.17, 15) is 14.3 Å². The topological polar surface area (TPSA) is 66.8 Å². The second-order valence-corrected chi connectivity index (χ2v) is 10.4. The minimum atomic E-state index is -0.767. The SMILES string of the molecule is CCCCC[C@@H](O)C(Br)=C[C@@H]1[C@@H]2C[C@@](c3ccc(F)cc3)(CO2)[C@H]1CC=CCCCC(=O)O. The van der Waals surface area contributed by atoms with Gasteiger partial charge in [-0.2, -0.15) is 0 Å². The van der Waals surface area contributed by atoms with Crippen molar-refractivity contribution >= 4 is 21.9 Å². The number of carboxylic acid groups (broad SMARTS) is 1. The van der Waals surface area contributed by atoms with E-state index in [-0.39, 0.29) is 35.6 Å². The molecular weight excluding hydrogens is 487 g/mol. The van der Waals surface area contributed by atoms with Gasteiger partial charge >= 0.3 is 5.97 Å². The molecular formula is C27H36BrFO4. The average molecular weight is 523 g/mol. The highest BCUT2D eigenvalue weighted by Gasteiger charge is 2.58. The monoisotopic (exact) mass is 522 g/mol. The van der Waals surface area contributed by atoms with Gasteiger partial charge in [0.15, 0.2) is 0 Å². The van der Waals surface area contributed by atoms with Crippen LogP contribution in [0.3, 0.4) is 0 Å². The quantitative estimate of drug-likeness (QED) is 0.228. The van der Waals surface area contributed by atoms with E-state index in [1.165, 1.54) is 12.1 Å². The van der Waals surface area contributed by atoms with Crippen molar-refractivity contribution < 1.29 is 24.1 Å². The highest BCUT2D eigenvalue weighted by molar-refractivity contribution is 9.11. The molecule has 6 heteroatoms. The van der Waals surface area contributed by atoms with Gasteiger partial charge in [-0.1, -0.05) is 72.5 Å². The number of fused-ring (bicyclic) bond motifs is 2. The van der Waals surface area contributed by atoms with Crippen molar-refractivity contribution in [3.8, 4) is 0 Å². The summed E-state index contributed by atoms with van der Waals surface area (Å²) in [6.07, 6.45) is 13.1. The molecule has 33 heavy (non-hydrogen) atoms. The predicted octanol–water partition coefficient (Wildman–Crippen LogP) is 6.52. The molecule has 1 aliphatic carbocycles. The summed E-state index contributed by atoms with van der Waals surface area (Å²) < 4.78 is 20.7. The molecule has 2 N–H and O–H groups in total. The van der Waals surface area contributed by atoms with Crippen molar-refractivity contribution in [3.05, 3.63) is 58.4 Å². The maximum absolute atomic E-state index is 13.6. The van der Waals surface area contributed by atoms with Crippen LogP contribution in [0.4, 0.5) is 4.39 Å². The summed E-state index contributed by atoms with van der Waals surface area (Å²) in [6.45, 7) is 2.76. The first-order valence-corrected chi connectivity index (χ1v) is 13.0. The Kier molecular flexibility index (Phi) is 9.71. The van der Waals surface area contributed by atoms with Gasteiger partial charge < -0.3 is 14.9 Å². The molecule has 1 saturated carbocycles. The zero-order valence-corrected chi connectivity index (χ0v) is 21.0. The molecule has 182 valence electrons. The third kappa shape index (κ3) is 6.55. The van der Waals surface area contributed by atoms with Gasteiger partial charge in [0.1, 0.15) is 5.82 Å². The molecule has 1 saturated heterocycles. The van der Waals surface area contributed by atoms with E-state index in [0.29, 0.717) is 13.0 Å². The molecule has 0 spiro atoms. The van der Waals surface area contributed by atoms with Crippen LogP contribution in [0.1, 0.15) is 70.3 Å². The smallest absolute Gasteiger partial charge is 0.303 e. The van der Waals surface area contributed by atoms with Crippen LogP contribution in [0.25, 0.3) is 0 Å². The van der Waals surface area contributed by atoms with Crippen LogP contribution < -0.4 is 0 Å². The lowest BCUT2D eigenvalue weighted by molar-refractivity contribution is -0.137. The Morgan fingerprint density at radius 1 is 1.27 bits per heavy atom. The zero-order chi connectivity index (χ0) is 23.8. The third-order valence-electron chi connectivity index (χ3n) is 7.21. The van der Waals surface area contributed by atoms with E-state index in [0.717, 1.165) is 55.0 Å². The highest BCUT2D eigenvalue weighted by Crippen LogP contribution is 2.57. The number of carboxylic acids is 1. The molecule has 5 atom stereocenters. The van der Waals surface area contributed by atoms with E-state index >= 15 is 0 Å². The standard InChI is InChI=1S/C27H36BrFO4/c1-2-3-6-10-24(30)23(28)16-21-22(9-7-4-5-8-11-26(31)32)27(17-25(21)33-18-27)19-12-14-20(29)15-13-19/h4,7,12-16,21-22,24-25,30H,2-3,5-6,8-11,17-18H2,1H3,(H,31,32)/t21-,22-,24+,25-,27-/m0/s1. The van der Waals surface area contributed by atoms with Crippen LogP contribution in [0.2, 0.25) is 0 Å². The van der Waals surface area contributed by atoms with E-state index < -0.39 is 12.1 Å². The van der Waals surface area contributed by atoms with Gasteiger partial charge in [0, 0.05) is 22.2 Å². The largest absolute Gasteiger partial charge is 0.481 e. The lowest BCUT2D eigenvalue weighted by atomic mass is 9.69. The number of hydrogen-bond donors (Lipinski definition) is 2. The summed E-state index contributed by atoms with van der Waals surface area (Å²) in [4.78, 5) is 10.7. The number of benzene rings is 1. The van der Waals surface area contributed by atoms with Gasteiger partial charge in [-0.3, -0.25) is 4.79 Å². The summed E-state index contributed by atoms with van der Waals surface area (Å²) in [7, 11) is 0. The summed E-state index contributed by atoms with van der Waals surface area (Å²) >= 11 is 3.64. The van der Waals surface area contributed by atoms with Crippen LogP contribution in [0.5, 0.6) is 0 Å². The van der Waals surface area contributed by atoms with Gasteiger partial charge in [-0.15, -0.1) is 0 Å². The van der Waals surface area contributed by atoms with E-state index in [1.54, 1.807) is 0 Å². The Morgan fingerprint density at radius 2 is 2.03 bits per heavy atom. The first kappa shape index (κ1) is 26.1. The Bertz CT molecular complexity index is 837. The molecule has 1 aromatic rings. The number of hydrogen-bond acceptors (Lipinski definition) is 3. The number of unbranched alkanes of at least 4 members (excludes halogenated alkanes) is 3. The summed E-state index contributed by atoms with van der Waals surface area (Å²) in [5, 5.41) is 19.5. The van der Waals surface area contributed by atoms with Crippen molar-refractivity contribution in [2.45, 2.75) is 82.3 Å². The minimum absolute atomic E-state index is 0.0656. The molecule has 4 nitrogen and oxygen atoms in total. The second kappa shape index (κ2) is 12.3. The lowest BCUT2D eigenvalue weighted by Crippen LogP contribution is -2.39. The van der Waals surface area contributed by atoms with Crippen molar-refractivity contribution in [1.29, 1.82) is 0 Å². The predicted molar refractivity (Wildman–Crippen MR) is 132 cm³/mol. The molecule has 2 fully saturated rings. The molecule has 1 heterocycles. The molecule has 1 aromatic carbocycles. The summed E-state index contributed by atoms with van der Waals surface area (Å²) in [6, 6.07) is 6.80. The number of allylic oxidation sites excluding steroid dienone is 2. The van der Waals surface area contributed by atoms with E-state index in [2.05, 4.69) is 41.1 Å². The Balaban J connectivity index is 1.79. The Hall–Kier alpha value is -1.50. The number of aliphatic carboxylic acids is 1. The lowest BCUT2D eigenvalue weighted by Gasteiger charge is -2.38. The van der Waals surface area contributed by atoms with Crippen LogP contribution in [0, 0.1) is 17.7 Å². The molecule has 2 aliphatic rings. The maximum Gasteiger partial charge on any atom is 0.303 e. The van der Waals surface area contributed by atoms with Crippen LogP contribution in [-0.2, 0) is 14.9 Å². The maximum atomic E-state index is 13.6. The normalized spacial score (nSPS) is 28.0. The number of carbonyl (C=O) groups is 1. The van der Waals surface area contributed by atoms with Gasteiger partial charge in [-0.05, 0) is 55.7 Å². The van der Waals surface area contributed by atoms with Crippen LogP contribution in [-0.4, -0.2) is 35.0 Å². The van der Waals surface area contributed by atoms with Gasteiger partial charge in [0.25, 0.3) is 0 Å². The second-order valence-electron chi connectivity index (χ2n) is 9.46. The first-order chi connectivity index (χ1) is 15.9. The first-order valence-electron chi connectivity index (χ1n) is 12.2. The molecule has 0 aromatic heterocycles. The van der Waals surface area contributed by atoms with E-state index in [1.807, 2.05) is 12.1 Å². The third-order valence-corrected chi connectivity index (χ3v) is 8.01. The number of halogens is 2. The van der Waals surface area contributed by atoms with E-state index in [4.69, 9.17) is 9.84 Å². The van der Waals surface area contributed by atoms with Gasteiger partial charge in [0.05, 0.1) is 18.8 Å². The molecule has 0 unspecified atom stereocenters. The van der Waals surface area contributed by atoms with Crippen molar-refractivity contribution in [1.82, 2.24) is 0 Å². The average Bonchev–Trinajstić information content (AvgIpc) is 3.35. The van der Waals surface area contributed by atoms with Gasteiger partial charge in [0.2, 0.25) is 0 Å². The van der Waals surface area contributed by atoms with Crippen molar-refractivity contribution in [2.24, 2.45) is 11.8 Å². The van der Waals surface area contributed by atoms with Crippen molar-refractivity contribution in [2.75, 3.05) is 6.61 Å². The summed E-state index contributed by atoms with van der Waals surface area (Å²) in [5.74, 6) is -0.611. The fourth-order valence-electron chi connectivity index (χ4n) is 5.42. The fraction of sp³-hybridized carbons (Fsp3) is 0.593. The molecule has 1 aliphatic heterocycles. The molecule has 2 bridgehead atoms. The Labute approximate surface area is 205 Å². The highest BCUT2D eigenvalue weighted by atomic mass is 79.9. The number of rotatable bonds is 13. The number of aliphatic hydroxyl groups excluding tert-OH is 1. The molecule has 3 rings (SSSR count). The minimum Gasteiger partial charge on any atom is -0.481 e. The van der Waals surface area contributed by atoms with Crippen LogP contribution >= 0.6 is 15.9 Å².